The lowest BCUT2D eigenvalue weighted by molar-refractivity contribution is 0.318. The maximum atomic E-state index is 8.54. The van der Waals surface area contributed by atoms with Crippen molar-refractivity contribution in [1.82, 2.24) is 4.98 Å². The Balaban J connectivity index is 2.61. The van der Waals surface area contributed by atoms with Crippen LogP contribution in [0.2, 0.25) is 0 Å². The van der Waals surface area contributed by atoms with Crippen LogP contribution in [-0.4, -0.2) is 21.8 Å². The number of thioether (sulfide) groups is 1. The summed E-state index contributed by atoms with van der Waals surface area (Å²) in [5.41, 5.74) is 5.98. The van der Waals surface area contributed by atoms with Gasteiger partial charge in [0, 0.05) is 0 Å². The summed E-state index contributed by atoms with van der Waals surface area (Å²) in [6, 6.07) is 5.51. The van der Waals surface area contributed by atoms with Gasteiger partial charge in [-0.2, -0.15) is 0 Å². The van der Waals surface area contributed by atoms with Gasteiger partial charge in [-0.25, -0.2) is 4.98 Å². The van der Waals surface area contributed by atoms with Crippen molar-refractivity contribution in [2.75, 3.05) is 5.75 Å². The van der Waals surface area contributed by atoms with E-state index in [9.17, 15) is 0 Å². The van der Waals surface area contributed by atoms with Crippen LogP contribution in [0.1, 0.15) is 26.0 Å². The van der Waals surface area contributed by atoms with Crippen molar-refractivity contribution < 1.29 is 5.21 Å². The Morgan fingerprint density at radius 2 is 2.31 bits per heavy atom. The Hall–Kier alpha value is -1.23. The molecule has 0 radical (unpaired) electrons. The zero-order valence-electron chi connectivity index (χ0n) is 9.55. The number of pyridine rings is 1. The molecule has 0 spiro atoms. The first-order valence-electron chi connectivity index (χ1n) is 5.21. The second-order valence-corrected chi connectivity index (χ2v) is 4.99. The van der Waals surface area contributed by atoms with Gasteiger partial charge in [-0.15, -0.1) is 11.8 Å². The highest BCUT2D eigenvalue weighted by molar-refractivity contribution is 7.99. The van der Waals surface area contributed by atoms with Crippen molar-refractivity contribution >= 4 is 17.6 Å². The molecule has 1 rings (SSSR count). The predicted octanol–water partition coefficient (Wildman–Crippen LogP) is 2.31. The van der Waals surface area contributed by atoms with Gasteiger partial charge in [0.1, 0.15) is 5.69 Å². The maximum absolute atomic E-state index is 8.54. The molecule has 5 heteroatoms. The van der Waals surface area contributed by atoms with Crippen LogP contribution in [0.25, 0.3) is 0 Å². The fraction of sp³-hybridized carbons (Fsp3) is 0.455. The first kappa shape index (κ1) is 12.8. The van der Waals surface area contributed by atoms with E-state index >= 15 is 0 Å². The molecule has 0 fully saturated rings. The third-order valence-electron chi connectivity index (χ3n) is 2.04. The average molecular weight is 239 g/mol. The molecule has 0 unspecified atom stereocenters. The summed E-state index contributed by atoms with van der Waals surface area (Å²) in [6.45, 7) is 4.39. The number of oxime groups is 1. The fourth-order valence-corrected chi connectivity index (χ4v) is 2.22. The number of aromatic nitrogens is 1. The topological polar surface area (TPSA) is 71.5 Å². The minimum atomic E-state index is 0.0475. The fourth-order valence-electron chi connectivity index (χ4n) is 1.09. The molecule has 88 valence electrons. The molecule has 3 N–H and O–H groups in total. The van der Waals surface area contributed by atoms with Gasteiger partial charge < -0.3 is 10.9 Å². The Morgan fingerprint density at radius 1 is 1.56 bits per heavy atom. The highest BCUT2D eigenvalue weighted by Gasteiger charge is 2.03. The van der Waals surface area contributed by atoms with Gasteiger partial charge >= 0.3 is 0 Å². The van der Waals surface area contributed by atoms with Gasteiger partial charge in [0.2, 0.25) is 0 Å². The monoisotopic (exact) mass is 239 g/mol. The summed E-state index contributed by atoms with van der Waals surface area (Å²) in [5.74, 6) is 1.77. The van der Waals surface area contributed by atoms with Crippen molar-refractivity contribution in [2.45, 2.75) is 25.3 Å². The van der Waals surface area contributed by atoms with Crippen LogP contribution in [0.3, 0.4) is 0 Å². The van der Waals surface area contributed by atoms with Crippen molar-refractivity contribution in [3.8, 4) is 0 Å². The summed E-state index contributed by atoms with van der Waals surface area (Å²) < 4.78 is 0. The maximum Gasteiger partial charge on any atom is 0.188 e. The van der Waals surface area contributed by atoms with Gasteiger partial charge in [-0.05, 0) is 30.2 Å². The van der Waals surface area contributed by atoms with E-state index in [1.165, 1.54) is 0 Å². The molecule has 1 aromatic heterocycles. The Bertz CT molecular complexity index is 366. The van der Waals surface area contributed by atoms with Crippen LogP contribution in [0.4, 0.5) is 0 Å². The highest BCUT2D eigenvalue weighted by Crippen LogP contribution is 2.18. The Labute approximate surface area is 99.9 Å². The lowest BCUT2D eigenvalue weighted by Crippen LogP contribution is -2.14. The standard InChI is InChI=1S/C11H17N3OS/c1-8(2)6-7-16-10-5-3-4-9(13-10)11(12)14-15/h3-5,8,15H,6-7H2,1-2H3,(H2,12,14). The van der Waals surface area contributed by atoms with E-state index in [4.69, 9.17) is 10.9 Å². The largest absolute Gasteiger partial charge is 0.409 e. The van der Waals surface area contributed by atoms with E-state index in [2.05, 4.69) is 24.0 Å². The lowest BCUT2D eigenvalue weighted by Gasteiger charge is -2.05. The zero-order chi connectivity index (χ0) is 12.0. The summed E-state index contributed by atoms with van der Waals surface area (Å²) in [7, 11) is 0. The number of amidine groups is 1. The molecular weight excluding hydrogens is 222 g/mol. The normalized spacial score (nSPS) is 12.1. The van der Waals surface area contributed by atoms with Crippen LogP contribution in [0.15, 0.2) is 28.4 Å². The second-order valence-electron chi connectivity index (χ2n) is 3.88. The Morgan fingerprint density at radius 3 is 2.94 bits per heavy atom. The number of nitrogens with two attached hydrogens (primary N) is 1. The summed E-state index contributed by atoms with van der Waals surface area (Å²) >= 11 is 1.69. The summed E-state index contributed by atoms with van der Waals surface area (Å²) in [5, 5.41) is 12.4. The van der Waals surface area contributed by atoms with E-state index in [0.29, 0.717) is 11.6 Å². The van der Waals surface area contributed by atoms with Crippen LogP contribution >= 0.6 is 11.8 Å². The molecular formula is C11H17N3OS. The van der Waals surface area contributed by atoms with Crippen LogP contribution in [-0.2, 0) is 0 Å². The van der Waals surface area contributed by atoms with Crippen LogP contribution in [0, 0.1) is 5.92 Å². The molecule has 0 aliphatic heterocycles. The third-order valence-corrected chi connectivity index (χ3v) is 3.00. The van der Waals surface area contributed by atoms with Gasteiger partial charge in [0.05, 0.1) is 5.03 Å². The molecule has 1 heterocycles. The van der Waals surface area contributed by atoms with Crippen LogP contribution < -0.4 is 5.73 Å². The molecule has 0 aliphatic rings. The molecule has 0 saturated carbocycles. The lowest BCUT2D eigenvalue weighted by atomic mass is 10.2. The smallest absolute Gasteiger partial charge is 0.188 e. The van der Waals surface area contributed by atoms with Gasteiger partial charge in [-0.3, -0.25) is 0 Å². The summed E-state index contributed by atoms with van der Waals surface area (Å²) in [6.07, 6.45) is 1.15. The molecule has 16 heavy (non-hydrogen) atoms. The number of hydrogen-bond donors (Lipinski definition) is 2. The first-order valence-corrected chi connectivity index (χ1v) is 6.19. The first-order chi connectivity index (χ1) is 7.63. The molecule has 0 atom stereocenters. The van der Waals surface area contributed by atoms with E-state index in [0.717, 1.165) is 17.2 Å². The average Bonchev–Trinajstić information content (AvgIpc) is 2.28. The van der Waals surface area contributed by atoms with Crippen molar-refractivity contribution in [3.05, 3.63) is 23.9 Å². The van der Waals surface area contributed by atoms with Gasteiger partial charge in [0.25, 0.3) is 0 Å². The molecule has 0 bridgehead atoms. The second kappa shape index (κ2) is 6.37. The summed E-state index contributed by atoms with van der Waals surface area (Å²) in [4.78, 5) is 4.29. The molecule has 0 amide bonds. The molecule has 0 aliphatic carbocycles. The van der Waals surface area contributed by atoms with Gasteiger partial charge in [-0.1, -0.05) is 25.1 Å². The molecule has 1 aromatic rings. The van der Waals surface area contributed by atoms with Crippen molar-refractivity contribution in [1.29, 1.82) is 0 Å². The van der Waals surface area contributed by atoms with Crippen molar-refractivity contribution in [3.63, 3.8) is 0 Å². The van der Waals surface area contributed by atoms with Gasteiger partial charge in [0.15, 0.2) is 5.84 Å². The molecule has 0 aromatic carbocycles. The predicted molar refractivity (Wildman–Crippen MR) is 66.9 cm³/mol. The number of nitrogens with zero attached hydrogens (tertiary/aromatic N) is 2. The third kappa shape index (κ3) is 4.10. The van der Waals surface area contributed by atoms with E-state index < -0.39 is 0 Å². The quantitative estimate of drug-likeness (QED) is 0.272. The minimum absolute atomic E-state index is 0.0475. The van der Waals surface area contributed by atoms with Crippen LogP contribution in [0.5, 0.6) is 0 Å². The Kier molecular flexibility index (Phi) is 5.11. The molecule has 0 saturated heterocycles. The number of hydrogen-bond acceptors (Lipinski definition) is 4. The highest BCUT2D eigenvalue weighted by atomic mass is 32.2. The zero-order valence-corrected chi connectivity index (χ0v) is 10.4. The molecule has 4 nitrogen and oxygen atoms in total. The van der Waals surface area contributed by atoms with E-state index in [1.807, 2.05) is 12.1 Å². The van der Waals surface area contributed by atoms with E-state index in [1.54, 1.807) is 17.8 Å². The van der Waals surface area contributed by atoms with Crippen molar-refractivity contribution in [2.24, 2.45) is 16.8 Å². The van der Waals surface area contributed by atoms with E-state index in [-0.39, 0.29) is 5.84 Å². The SMILES string of the molecule is CC(C)CCSc1cccc(/C(N)=N/O)n1. The number of rotatable bonds is 5. The minimum Gasteiger partial charge on any atom is -0.409 e.